The predicted molar refractivity (Wildman–Crippen MR) is 103 cm³/mol. The standard InChI is InChI=1S/C18H20N4O4S/c1-12-6-4-5-7-14(12)22(11-17(19)23)27(25,26)13-8-9-15-16(10-13)21(3)18(24)20(15)2/h4-10H,11H2,1-3H3,(H2,19,23). The van der Waals surface area contributed by atoms with Crippen molar-refractivity contribution in [2.45, 2.75) is 11.8 Å². The van der Waals surface area contributed by atoms with Gasteiger partial charge in [0.15, 0.2) is 0 Å². The number of imidazole rings is 1. The van der Waals surface area contributed by atoms with Crippen molar-refractivity contribution in [1.29, 1.82) is 0 Å². The second kappa shape index (κ2) is 6.58. The van der Waals surface area contributed by atoms with Crippen LogP contribution in [0.2, 0.25) is 0 Å². The summed E-state index contributed by atoms with van der Waals surface area (Å²) in [6.07, 6.45) is 0. The number of rotatable bonds is 5. The number of carbonyl (C=O) groups excluding carboxylic acids is 1. The van der Waals surface area contributed by atoms with Gasteiger partial charge in [-0.25, -0.2) is 13.2 Å². The van der Waals surface area contributed by atoms with Crippen LogP contribution in [0.1, 0.15) is 5.56 Å². The molecule has 0 atom stereocenters. The van der Waals surface area contributed by atoms with Gasteiger partial charge in [0.05, 0.1) is 21.6 Å². The molecule has 0 bridgehead atoms. The number of benzene rings is 2. The summed E-state index contributed by atoms with van der Waals surface area (Å²) in [5.41, 5.74) is 7.20. The molecule has 2 N–H and O–H groups in total. The molecule has 142 valence electrons. The van der Waals surface area contributed by atoms with Crippen LogP contribution in [0.3, 0.4) is 0 Å². The van der Waals surface area contributed by atoms with Crippen LogP contribution in [-0.2, 0) is 28.9 Å². The number of nitrogens with two attached hydrogens (primary N) is 1. The van der Waals surface area contributed by atoms with E-state index in [9.17, 15) is 18.0 Å². The summed E-state index contributed by atoms with van der Waals surface area (Å²) in [5.74, 6) is -0.769. The first-order chi connectivity index (χ1) is 12.6. The summed E-state index contributed by atoms with van der Waals surface area (Å²) < 4.78 is 30.4. The molecule has 1 amide bonds. The molecular formula is C18H20N4O4S. The smallest absolute Gasteiger partial charge is 0.328 e. The number of aromatic nitrogens is 2. The number of hydrogen-bond donors (Lipinski definition) is 1. The maximum Gasteiger partial charge on any atom is 0.328 e. The Balaban J connectivity index is 2.22. The number of fused-ring (bicyclic) bond motifs is 1. The Labute approximate surface area is 156 Å². The molecule has 0 saturated carbocycles. The first-order valence-corrected chi connectivity index (χ1v) is 9.60. The summed E-state index contributed by atoms with van der Waals surface area (Å²) in [5, 5.41) is 0. The van der Waals surface area contributed by atoms with Crippen molar-refractivity contribution < 1.29 is 13.2 Å². The van der Waals surface area contributed by atoms with Crippen molar-refractivity contribution in [3.05, 3.63) is 58.5 Å². The van der Waals surface area contributed by atoms with Gasteiger partial charge in [-0.1, -0.05) is 18.2 Å². The molecule has 0 aliphatic rings. The molecule has 3 rings (SSSR count). The second-order valence-electron chi connectivity index (χ2n) is 6.32. The fraction of sp³-hybridized carbons (Fsp3) is 0.222. The molecule has 0 spiro atoms. The Morgan fingerprint density at radius 3 is 2.33 bits per heavy atom. The quantitative estimate of drug-likeness (QED) is 0.699. The van der Waals surface area contributed by atoms with Gasteiger partial charge in [0.25, 0.3) is 10.0 Å². The highest BCUT2D eigenvalue weighted by atomic mass is 32.2. The summed E-state index contributed by atoms with van der Waals surface area (Å²) in [6, 6.07) is 11.3. The van der Waals surface area contributed by atoms with Crippen molar-refractivity contribution in [1.82, 2.24) is 9.13 Å². The number of sulfonamides is 1. The highest BCUT2D eigenvalue weighted by molar-refractivity contribution is 7.92. The highest BCUT2D eigenvalue weighted by Crippen LogP contribution is 2.28. The molecule has 1 heterocycles. The lowest BCUT2D eigenvalue weighted by atomic mass is 10.2. The molecule has 9 heteroatoms. The van der Waals surface area contributed by atoms with Crippen LogP contribution < -0.4 is 15.7 Å². The van der Waals surface area contributed by atoms with E-state index in [0.717, 1.165) is 4.31 Å². The Morgan fingerprint density at radius 1 is 1.07 bits per heavy atom. The van der Waals surface area contributed by atoms with Crippen LogP contribution in [0, 0.1) is 6.92 Å². The first kappa shape index (κ1) is 18.7. The van der Waals surface area contributed by atoms with Gasteiger partial charge in [0, 0.05) is 14.1 Å². The molecule has 2 aromatic carbocycles. The fourth-order valence-corrected chi connectivity index (χ4v) is 4.57. The Hall–Kier alpha value is -3.07. The number of carbonyl (C=O) groups is 1. The van der Waals surface area contributed by atoms with Crippen LogP contribution in [0.15, 0.2) is 52.2 Å². The second-order valence-corrected chi connectivity index (χ2v) is 8.18. The minimum absolute atomic E-state index is 0.0271. The van der Waals surface area contributed by atoms with Crippen LogP contribution in [0.4, 0.5) is 5.69 Å². The summed E-state index contributed by atoms with van der Waals surface area (Å²) in [4.78, 5) is 23.6. The van der Waals surface area contributed by atoms with Crippen molar-refractivity contribution in [3.8, 4) is 0 Å². The zero-order valence-corrected chi connectivity index (χ0v) is 16.0. The van der Waals surface area contributed by atoms with Gasteiger partial charge in [0.1, 0.15) is 6.54 Å². The number of nitrogens with zero attached hydrogens (tertiary/aromatic N) is 3. The van der Waals surface area contributed by atoms with E-state index in [1.54, 1.807) is 51.4 Å². The molecule has 0 aliphatic heterocycles. The number of primary amides is 1. The van der Waals surface area contributed by atoms with Crippen molar-refractivity contribution in [2.75, 3.05) is 10.8 Å². The van der Waals surface area contributed by atoms with Gasteiger partial charge in [-0.05, 0) is 36.8 Å². The van der Waals surface area contributed by atoms with Crippen LogP contribution in [0.25, 0.3) is 11.0 Å². The van der Waals surface area contributed by atoms with Gasteiger partial charge in [-0.2, -0.15) is 0 Å². The van der Waals surface area contributed by atoms with E-state index in [2.05, 4.69) is 0 Å². The van der Waals surface area contributed by atoms with Gasteiger partial charge in [-0.3, -0.25) is 18.2 Å². The first-order valence-electron chi connectivity index (χ1n) is 8.16. The molecule has 27 heavy (non-hydrogen) atoms. The number of para-hydroxylation sites is 1. The Morgan fingerprint density at radius 2 is 1.70 bits per heavy atom. The number of anilines is 1. The summed E-state index contributed by atoms with van der Waals surface area (Å²) in [6.45, 7) is 1.27. The molecule has 1 aromatic heterocycles. The van der Waals surface area contributed by atoms with E-state index in [-0.39, 0.29) is 10.6 Å². The lowest BCUT2D eigenvalue weighted by Gasteiger charge is -2.24. The molecule has 0 unspecified atom stereocenters. The Bertz CT molecular complexity index is 1210. The minimum Gasteiger partial charge on any atom is -0.368 e. The van der Waals surface area contributed by atoms with E-state index >= 15 is 0 Å². The van der Waals surface area contributed by atoms with Crippen LogP contribution in [-0.4, -0.2) is 30.0 Å². The third kappa shape index (κ3) is 3.10. The van der Waals surface area contributed by atoms with Crippen LogP contribution >= 0.6 is 0 Å². The largest absolute Gasteiger partial charge is 0.368 e. The average molecular weight is 388 g/mol. The van der Waals surface area contributed by atoms with E-state index in [1.165, 1.54) is 21.3 Å². The normalized spacial score (nSPS) is 11.7. The predicted octanol–water partition coefficient (Wildman–Crippen LogP) is 0.866. The van der Waals surface area contributed by atoms with Gasteiger partial charge in [-0.15, -0.1) is 0 Å². The van der Waals surface area contributed by atoms with Crippen molar-refractivity contribution in [2.24, 2.45) is 19.8 Å². The zero-order chi connectivity index (χ0) is 19.9. The number of hydrogen-bond acceptors (Lipinski definition) is 4. The summed E-state index contributed by atoms with van der Waals surface area (Å²) >= 11 is 0. The Kier molecular flexibility index (Phi) is 4.56. The highest BCUT2D eigenvalue weighted by Gasteiger charge is 2.28. The van der Waals surface area contributed by atoms with E-state index in [0.29, 0.717) is 22.3 Å². The lowest BCUT2D eigenvalue weighted by Crippen LogP contribution is -2.39. The van der Waals surface area contributed by atoms with E-state index in [4.69, 9.17) is 5.73 Å². The zero-order valence-electron chi connectivity index (χ0n) is 15.2. The van der Waals surface area contributed by atoms with Gasteiger partial charge >= 0.3 is 5.69 Å². The maximum absolute atomic E-state index is 13.3. The van der Waals surface area contributed by atoms with Gasteiger partial charge < -0.3 is 5.73 Å². The third-order valence-corrected chi connectivity index (χ3v) is 6.27. The number of aryl methyl sites for hydroxylation is 3. The summed E-state index contributed by atoms with van der Waals surface area (Å²) in [7, 11) is -0.886. The number of amides is 1. The topological polar surface area (TPSA) is 107 Å². The van der Waals surface area contributed by atoms with Crippen molar-refractivity contribution in [3.63, 3.8) is 0 Å². The molecule has 0 aliphatic carbocycles. The monoisotopic (exact) mass is 388 g/mol. The minimum atomic E-state index is -4.08. The SMILES string of the molecule is Cc1ccccc1N(CC(N)=O)S(=O)(=O)c1ccc2c(c1)n(C)c(=O)n2C. The van der Waals surface area contributed by atoms with E-state index in [1.807, 2.05) is 0 Å². The van der Waals surface area contributed by atoms with Gasteiger partial charge in [0.2, 0.25) is 5.91 Å². The molecule has 8 nitrogen and oxygen atoms in total. The molecule has 0 saturated heterocycles. The van der Waals surface area contributed by atoms with Crippen LogP contribution in [0.5, 0.6) is 0 Å². The van der Waals surface area contributed by atoms with E-state index < -0.39 is 22.5 Å². The molecular weight excluding hydrogens is 368 g/mol. The lowest BCUT2D eigenvalue weighted by molar-refractivity contribution is -0.116. The molecule has 3 aromatic rings. The third-order valence-electron chi connectivity index (χ3n) is 4.52. The maximum atomic E-state index is 13.3. The molecule has 0 radical (unpaired) electrons. The fourth-order valence-electron chi connectivity index (χ4n) is 3.06. The average Bonchev–Trinajstić information content (AvgIpc) is 2.84. The van der Waals surface area contributed by atoms with Crippen molar-refractivity contribution >= 4 is 32.7 Å². The molecule has 0 fully saturated rings.